The third-order valence-electron chi connectivity index (χ3n) is 2.59. The lowest BCUT2D eigenvalue weighted by Gasteiger charge is -2.14. The molecule has 0 saturated heterocycles. The fraction of sp³-hybridized carbons (Fsp3) is 0.400. The lowest BCUT2D eigenvalue weighted by molar-refractivity contribution is -0.154. The molecule has 0 aliphatic heterocycles. The zero-order valence-electron chi connectivity index (χ0n) is 12.9. The Hall–Kier alpha value is -2.28. The summed E-state index contributed by atoms with van der Waals surface area (Å²) in [6.07, 6.45) is -0.159. The summed E-state index contributed by atoms with van der Waals surface area (Å²) >= 11 is 5.74. The molecule has 0 heterocycles. The van der Waals surface area contributed by atoms with Crippen molar-refractivity contribution in [2.75, 3.05) is 13.2 Å². The topological polar surface area (TPSA) is 93.7 Å². The highest BCUT2D eigenvalue weighted by Gasteiger charge is 2.18. The van der Waals surface area contributed by atoms with E-state index in [9.17, 15) is 14.4 Å². The Kier molecular flexibility index (Phi) is 7.90. The van der Waals surface area contributed by atoms with E-state index >= 15 is 0 Å². The number of hydrogen-bond donors (Lipinski definition) is 2. The summed E-state index contributed by atoms with van der Waals surface area (Å²) in [7, 11) is 0. The van der Waals surface area contributed by atoms with E-state index in [0.717, 1.165) is 6.42 Å². The highest BCUT2D eigenvalue weighted by Crippen LogP contribution is 2.17. The first-order chi connectivity index (χ1) is 10.9. The van der Waals surface area contributed by atoms with Crippen LogP contribution >= 0.6 is 11.6 Å². The van der Waals surface area contributed by atoms with Crippen LogP contribution in [0.2, 0.25) is 5.02 Å². The predicted molar refractivity (Wildman–Crippen MR) is 84.3 cm³/mol. The molecule has 2 N–H and O–H groups in total. The number of carbonyl (C=O) groups is 3. The van der Waals surface area contributed by atoms with Crippen LogP contribution in [-0.4, -0.2) is 37.2 Å². The Bertz CT molecular complexity index is 547. The number of hydrogen-bond acceptors (Lipinski definition) is 5. The molecule has 126 valence electrons. The third kappa shape index (κ3) is 7.51. The Morgan fingerprint density at radius 2 is 1.87 bits per heavy atom. The minimum atomic E-state index is -0.905. The monoisotopic (exact) mass is 342 g/mol. The summed E-state index contributed by atoms with van der Waals surface area (Å²) in [5.74, 6) is -0.989. The second kappa shape index (κ2) is 9.68. The van der Waals surface area contributed by atoms with E-state index in [1.807, 2.05) is 12.2 Å². The number of benzene rings is 1. The summed E-state index contributed by atoms with van der Waals surface area (Å²) in [6.45, 7) is 3.26. The minimum absolute atomic E-state index is 0.447. The van der Waals surface area contributed by atoms with Gasteiger partial charge in [0.25, 0.3) is 5.91 Å². The number of amides is 3. The van der Waals surface area contributed by atoms with Crippen molar-refractivity contribution in [2.24, 2.45) is 0 Å². The summed E-state index contributed by atoms with van der Waals surface area (Å²) in [5, 5.41) is 5.05. The van der Waals surface area contributed by atoms with Crippen LogP contribution in [0.4, 0.5) is 4.79 Å². The maximum Gasteiger partial charge on any atom is 0.347 e. The highest BCUT2D eigenvalue weighted by atomic mass is 35.5. The van der Waals surface area contributed by atoms with Crippen molar-refractivity contribution >= 4 is 29.5 Å². The van der Waals surface area contributed by atoms with Gasteiger partial charge in [0.1, 0.15) is 5.75 Å². The van der Waals surface area contributed by atoms with Gasteiger partial charge in [0.2, 0.25) is 0 Å². The smallest absolute Gasteiger partial charge is 0.347 e. The molecule has 0 aliphatic carbocycles. The van der Waals surface area contributed by atoms with Crippen LogP contribution < -0.4 is 15.4 Å². The molecule has 0 aromatic heterocycles. The Balaban J connectivity index is 2.33. The van der Waals surface area contributed by atoms with Gasteiger partial charge in [-0.1, -0.05) is 18.5 Å². The molecule has 1 rings (SSSR count). The van der Waals surface area contributed by atoms with Crippen LogP contribution in [0.3, 0.4) is 0 Å². The van der Waals surface area contributed by atoms with Crippen molar-refractivity contribution in [3.8, 4) is 5.75 Å². The van der Waals surface area contributed by atoms with Crippen molar-refractivity contribution in [1.82, 2.24) is 10.6 Å². The summed E-state index contributed by atoms with van der Waals surface area (Å²) < 4.78 is 10.1. The van der Waals surface area contributed by atoms with E-state index in [4.69, 9.17) is 21.1 Å². The first kappa shape index (κ1) is 18.8. The average molecular weight is 343 g/mol. The molecule has 23 heavy (non-hydrogen) atoms. The van der Waals surface area contributed by atoms with E-state index in [1.54, 1.807) is 24.3 Å². The molecule has 3 amide bonds. The number of rotatable bonds is 7. The fourth-order valence-corrected chi connectivity index (χ4v) is 1.59. The normalized spacial score (nSPS) is 11.3. The van der Waals surface area contributed by atoms with E-state index in [0.29, 0.717) is 17.3 Å². The number of halogens is 1. The molecule has 8 heteroatoms. The number of carbonyl (C=O) groups excluding carboxylic acids is 3. The molecule has 0 saturated carbocycles. The SMILES string of the molecule is CCCNC(=O)NC(=O)COC(=O)[C@H](C)Oc1ccc(Cl)cc1. The number of esters is 1. The minimum Gasteiger partial charge on any atom is -0.479 e. The molecule has 0 bridgehead atoms. The van der Waals surface area contributed by atoms with Gasteiger partial charge in [-0.3, -0.25) is 10.1 Å². The highest BCUT2D eigenvalue weighted by molar-refractivity contribution is 6.30. The predicted octanol–water partition coefficient (Wildman–Crippen LogP) is 1.89. The lowest BCUT2D eigenvalue weighted by Crippen LogP contribution is -2.42. The maximum atomic E-state index is 11.7. The van der Waals surface area contributed by atoms with Crippen molar-refractivity contribution in [3.05, 3.63) is 29.3 Å². The zero-order valence-corrected chi connectivity index (χ0v) is 13.7. The summed E-state index contributed by atoms with van der Waals surface area (Å²) in [6, 6.07) is 5.83. The largest absolute Gasteiger partial charge is 0.479 e. The number of imide groups is 1. The van der Waals surface area contributed by atoms with E-state index in [-0.39, 0.29) is 0 Å². The van der Waals surface area contributed by atoms with E-state index in [1.165, 1.54) is 6.92 Å². The van der Waals surface area contributed by atoms with E-state index in [2.05, 4.69) is 5.32 Å². The van der Waals surface area contributed by atoms with Crippen LogP contribution in [0, 0.1) is 0 Å². The Morgan fingerprint density at radius 3 is 2.48 bits per heavy atom. The van der Waals surface area contributed by atoms with Gasteiger partial charge in [-0.25, -0.2) is 9.59 Å². The molecule has 0 unspecified atom stereocenters. The second-order valence-electron chi connectivity index (χ2n) is 4.63. The van der Waals surface area contributed by atoms with Crippen LogP contribution in [0.15, 0.2) is 24.3 Å². The van der Waals surface area contributed by atoms with Crippen LogP contribution in [0.1, 0.15) is 20.3 Å². The first-order valence-electron chi connectivity index (χ1n) is 7.09. The first-order valence-corrected chi connectivity index (χ1v) is 7.46. The van der Waals surface area contributed by atoms with E-state index < -0.39 is 30.6 Å². The summed E-state index contributed by atoms with van der Waals surface area (Å²) in [5.41, 5.74) is 0. The third-order valence-corrected chi connectivity index (χ3v) is 2.84. The van der Waals surface area contributed by atoms with Gasteiger partial charge < -0.3 is 14.8 Å². The number of urea groups is 1. The average Bonchev–Trinajstić information content (AvgIpc) is 2.52. The molecule has 0 spiro atoms. The van der Waals surface area contributed by atoms with Gasteiger partial charge >= 0.3 is 12.0 Å². The Labute approximate surface area is 139 Å². The maximum absolute atomic E-state index is 11.7. The zero-order chi connectivity index (χ0) is 17.2. The van der Waals surface area contributed by atoms with Crippen molar-refractivity contribution in [2.45, 2.75) is 26.4 Å². The van der Waals surface area contributed by atoms with Crippen molar-refractivity contribution < 1.29 is 23.9 Å². The molecule has 1 aromatic rings. The van der Waals surface area contributed by atoms with Gasteiger partial charge in [0.05, 0.1) is 0 Å². The van der Waals surface area contributed by atoms with Gasteiger partial charge in [-0.05, 0) is 37.6 Å². The fourth-order valence-electron chi connectivity index (χ4n) is 1.46. The van der Waals surface area contributed by atoms with Crippen LogP contribution in [0.5, 0.6) is 5.75 Å². The summed E-state index contributed by atoms with van der Waals surface area (Å²) in [4.78, 5) is 34.4. The lowest BCUT2D eigenvalue weighted by atomic mass is 10.3. The van der Waals surface area contributed by atoms with Crippen LogP contribution in [-0.2, 0) is 14.3 Å². The number of ether oxygens (including phenoxy) is 2. The Morgan fingerprint density at radius 1 is 1.22 bits per heavy atom. The molecule has 0 radical (unpaired) electrons. The molecule has 7 nitrogen and oxygen atoms in total. The molecule has 1 aromatic carbocycles. The standard InChI is InChI=1S/C15H19ClN2O5/c1-3-8-17-15(21)18-13(19)9-22-14(20)10(2)23-12-6-4-11(16)5-7-12/h4-7,10H,3,8-9H2,1-2H3,(H2,17,18,19,21)/t10-/m0/s1. The van der Waals surface area contributed by atoms with Gasteiger partial charge in [-0.2, -0.15) is 0 Å². The van der Waals surface area contributed by atoms with Gasteiger partial charge in [0, 0.05) is 11.6 Å². The molecule has 0 fully saturated rings. The van der Waals surface area contributed by atoms with Gasteiger partial charge in [-0.15, -0.1) is 0 Å². The molecular weight excluding hydrogens is 324 g/mol. The van der Waals surface area contributed by atoms with Crippen molar-refractivity contribution in [3.63, 3.8) is 0 Å². The van der Waals surface area contributed by atoms with Crippen LogP contribution in [0.25, 0.3) is 0 Å². The quantitative estimate of drug-likeness (QED) is 0.738. The second-order valence-corrected chi connectivity index (χ2v) is 5.06. The van der Waals surface area contributed by atoms with Crippen molar-refractivity contribution in [1.29, 1.82) is 0 Å². The molecule has 0 aliphatic rings. The number of nitrogens with one attached hydrogen (secondary N) is 2. The van der Waals surface area contributed by atoms with Gasteiger partial charge in [0.15, 0.2) is 12.7 Å². The molecule has 1 atom stereocenters. The molecular formula is C15H19ClN2O5.